The normalized spacial score (nSPS) is 11.6. The maximum Gasteiger partial charge on any atom is 0.164 e. The first kappa shape index (κ1) is 28.6. The first-order valence-electron chi connectivity index (χ1n) is 16.6. The number of hydrogen-bond acceptors (Lipinski definition) is 5. The zero-order chi connectivity index (χ0) is 33.0. The van der Waals surface area contributed by atoms with Crippen LogP contribution in [0, 0.1) is 0 Å². The van der Waals surface area contributed by atoms with Crippen LogP contribution in [0.4, 0.5) is 0 Å². The van der Waals surface area contributed by atoms with Gasteiger partial charge in [0.15, 0.2) is 17.5 Å². The zero-order valence-corrected chi connectivity index (χ0v) is 27.6. The molecule has 50 heavy (non-hydrogen) atoms. The molecule has 0 unspecified atom stereocenters. The summed E-state index contributed by atoms with van der Waals surface area (Å²) in [5.41, 5.74) is 9.04. The van der Waals surface area contributed by atoms with Gasteiger partial charge in [0.05, 0.1) is 0 Å². The van der Waals surface area contributed by atoms with E-state index in [1.54, 1.807) is 0 Å². The summed E-state index contributed by atoms with van der Waals surface area (Å²) in [6, 6.07) is 56.8. The Bertz CT molecular complexity index is 2870. The highest BCUT2D eigenvalue weighted by molar-refractivity contribution is 7.26. The summed E-state index contributed by atoms with van der Waals surface area (Å²) in [4.78, 5) is 15.0. The van der Waals surface area contributed by atoms with Gasteiger partial charge in [-0.25, -0.2) is 15.0 Å². The Hall–Kier alpha value is -6.43. The lowest BCUT2D eigenvalue weighted by Crippen LogP contribution is -2.00. The number of aromatic nitrogens is 3. The van der Waals surface area contributed by atoms with Gasteiger partial charge in [-0.15, -0.1) is 11.3 Å². The number of hydrogen-bond donors (Lipinski definition) is 0. The van der Waals surface area contributed by atoms with Crippen LogP contribution in [0.25, 0.3) is 98.5 Å². The minimum atomic E-state index is 0.596. The predicted octanol–water partition coefficient (Wildman–Crippen LogP) is 12.5. The number of benzene rings is 7. The van der Waals surface area contributed by atoms with E-state index < -0.39 is 0 Å². The topological polar surface area (TPSA) is 51.8 Å². The van der Waals surface area contributed by atoms with E-state index in [1.165, 1.54) is 31.3 Å². The Kier molecular flexibility index (Phi) is 6.64. The largest absolute Gasteiger partial charge is 0.456 e. The Balaban J connectivity index is 1.09. The third-order valence-corrected chi connectivity index (χ3v) is 10.6. The van der Waals surface area contributed by atoms with Crippen molar-refractivity contribution in [2.24, 2.45) is 0 Å². The molecule has 0 bridgehead atoms. The maximum absolute atomic E-state index is 6.47. The van der Waals surface area contributed by atoms with Crippen LogP contribution >= 0.6 is 11.3 Å². The summed E-state index contributed by atoms with van der Waals surface area (Å²) >= 11 is 1.85. The molecule has 0 N–H and O–H groups in total. The molecule has 0 aliphatic carbocycles. The molecule has 3 heterocycles. The number of furan rings is 1. The van der Waals surface area contributed by atoms with Crippen molar-refractivity contribution >= 4 is 53.4 Å². The summed E-state index contributed by atoms with van der Waals surface area (Å²) in [6.07, 6.45) is 0. The lowest BCUT2D eigenvalue weighted by molar-refractivity contribution is 0.669. The fraction of sp³-hybridized carbons (Fsp3) is 0. The van der Waals surface area contributed by atoms with Gasteiger partial charge in [0.2, 0.25) is 0 Å². The van der Waals surface area contributed by atoms with Crippen molar-refractivity contribution in [2.45, 2.75) is 0 Å². The molecule has 10 aromatic rings. The van der Waals surface area contributed by atoms with Crippen molar-refractivity contribution in [1.82, 2.24) is 15.0 Å². The van der Waals surface area contributed by atoms with Gasteiger partial charge < -0.3 is 4.42 Å². The SMILES string of the molecule is c1ccc(-c2cccc(-c3nc(-c4ccccc4)nc(-c4ccc5c(c4)oc4ccc(-c6cccc7c6sc6ccccc67)cc45)n3)c2)cc1. The first-order chi connectivity index (χ1) is 24.7. The van der Waals surface area contributed by atoms with Crippen molar-refractivity contribution < 1.29 is 4.42 Å². The van der Waals surface area contributed by atoms with E-state index in [1.807, 2.05) is 47.7 Å². The molecule has 0 fully saturated rings. The highest BCUT2D eigenvalue weighted by Gasteiger charge is 2.17. The molecule has 7 aromatic carbocycles. The lowest BCUT2D eigenvalue weighted by Gasteiger charge is -2.09. The van der Waals surface area contributed by atoms with Crippen LogP contribution in [0.15, 0.2) is 168 Å². The zero-order valence-electron chi connectivity index (χ0n) is 26.7. The van der Waals surface area contributed by atoms with Crippen LogP contribution in [0.1, 0.15) is 0 Å². The smallest absolute Gasteiger partial charge is 0.164 e. The molecular weight excluding hydrogens is 631 g/mol. The van der Waals surface area contributed by atoms with E-state index in [4.69, 9.17) is 19.4 Å². The Morgan fingerprint density at radius 3 is 1.80 bits per heavy atom. The molecule has 3 aromatic heterocycles. The molecular formula is C45H27N3OS. The highest BCUT2D eigenvalue weighted by atomic mass is 32.1. The van der Waals surface area contributed by atoms with Gasteiger partial charge in [0, 0.05) is 47.6 Å². The second kappa shape index (κ2) is 11.6. The van der Waals surface area contributed by atoms with E-state index in [9.17, 15) is 0 Å². The third-order valence-electron chi connectivity index (χ3n) is 9.34. The Morgan fingerprint density at radius 2 is 0.980 bits per heavy atom. The van der Waals surface area contributed by atoms with E-state index in [2.05, 4.69) is 127 Å². The number of fused-ring (bicyclic) bond motifs is 6. The Labute approximate surface area is 292 Å². The molecule has 0 spiro atoms. The summed E-state index contributed by atoms with van der Waals surface area (Å²) in [7, 11) is 0. The average Bonchev–Trinajstić information content (AvgIpc) is 3.76. The van der Waals surface area contributed by atoms with Gasteiger partial charge >= 0.3 is 0 Å². The molecule has 234 valence electrons. The molecule has 0 aliphatic heterocycles. The molecule has 0 aliphatic rings. The van der Waals surface area contributed by atoms with Crippen molar-refractivity contribution in [1.29, 1.82) is 0 Å². The fourth-order valence-corrected chi connectivity index (χ4v) is 8.12. The van der Waals surface area contributed by atoms with Gasteiger partial charge in [0.1, 0.15) is 11.2 Å². The average molecular weight is 658 g/mol. The minimum Gasteiger partial charge on any atom is -0.456 e. The molecule has 10 rings (SSSR count). The van der Waals surface area contributed by atoms with Crippen molar-refractivity contribution in [2.75, 3.05) is 0 Å². The molecule has 0 saturated heterocycles. The number of nitrogens with zero attached hydrogens (tertiary/aromatic N) is 3. The first-order valence-corrected chi connectivity index (χ1v) is 17.4. The molecule has 0 radical (unpaired) electrons. The molecule has 0 amide bonds. The number of rotatable bonds is 5. The van der Waals surface area contributed by atoms with Crippen LogP contribution in [-0.4, -0.2) is 15.0 Å². The fourth-order valence-electron chi connectivity index (χ4n) is 6.88. The highest BCUT2D eigenvalue weighted by Crippen LogP contribution is 2.41. The van der Waals surface area contributed by atoms with Crippen LogP contribution < -0.4 is 0 Å². The standard InChI is InChI=1S/C45H27N3OS/c1-3-11-28(12-4-1)30-15-9-16-32(25-30)44-46-43(29-13-5-2-6-14-29)47-45(48-44)33-21-23-35-38-26-31(22-24-39(38)49-40(35)27-33)34-18-10-19-37-36-17-7-8-20-41(36)50-42(34)37/h1-27H. The van der Waals surface area contributed by atoms with Crippen LogP contribution in [0.3, 0.4) is 0 Å². The van der Waals surface area contributed by atoms with Gasteiger partial charge in [-0.3, -0.25) is 0 Å². The van der Waals surface area contributed by atoms with E-state index in [-0.39, 0.29) is 0 Å². The third kappa shape index (κ3) is 4.87. The summed E-state index contributed by atoms with van der Waals surface area (Å²) in [6.45, 7) is 0. The van der Waals surface area contributed by atoms with Crippen LogP contribution in [-0.2, 0) is 0 Å². The lowest BCUT2D eigenvalue weighted by atomic mass is 10.0. The van der Waals surface area contributed by atoms with Gasteiger partial charge in [0.25, 0.3) is 0 Å². The van der Waals surface area contributed by atoms with Crippen molar-refractivity contribution in [3.8, 4) is 56.4 Å². The Morgan fingerprint density at radius 1 is 0.360 bits per heavy atom. The summed E-state index contributed by atoms with van der Waals surface area (Å²) in [5, 5.41) is 4.74. The second-order valence-electron chi connectivity index (χ2n) is 12.4. The minimum absolute atomic E-state index is 0.596. The summed E-state index contributed by atoms with van der Waals surface area (Å²) in [5.74, 6) is 1.84. The predicted molar refractivity (Wildman–Crippen MR) is 207 cm³/mol. The van der Waals surface area contributed by atoms with Crippen LogP contribution in [0.5, 0.6) is 0 Å². The number of thiophene rings is 1. The quantitative estimate of drug-likeness (QED) is 0.185. The van der Waals surface area contributed by atoms with E-state index >= 15 is 0 Å². The van der Waals surface area contributed by atoms with Gasteiger partial charge in [-0.2, -0.15) is 0 Å². The molecule has 5 heteroatoms. The monoisotopic (exact) mass is 657 g/mol. The molecule has 0 saturated carbocycles. The van der Waals surface area contributed by atoms with Crippen LogP contribution in [0.2, 0.25) is 0 Å². The maximum atomic E-state index is 6.47. The van der Waals surface area contributed by atoms with Gasteiger partial charge in [-0.1, -0.05) is 127 Å². The van der Waals surface area contributed by atoms with E-state index in [0.29, 0.717) is 17.5 Å². The molecule has 4 nitrogen and oxygen atoms in total. The van der Waals surface area contributed by atoms with E-state index in [0.717, 1.165) is 49.8 Å². The second-order valence-corrected chi connectivity index (χ2v) is 13.5. The van der Waals surface area contributed by atoms with Crippen molar-refractivity contribution in [3.05, 3.63) is 164 Å². The summed E-state index contributed by atoms with van der Waals surface area (Å²) < 4.78 is 9.07. The van der Waals surface area contributed by atoms with Crippen molar-refractivity contribution in [3.63, 3.8) is 0 Å². The molecule has 0 atom stereocenters. The van der Waals surface area contributed by atoms with Gasteiger partial charge in [-0.05, 0) is 58.7 Å².